The van der Waals surface area contributed by atoms with Gasteiger partial charge in [-0.05, 0) is 80.6 Å². The van der Waals surface area contributed by atoms with E-state index in [1.54, 1.807) is 11.8 Å². The van der Waals surface area contributed by atoms with Crippen LogP contribution in [0.3, 0.4) is 0 Å². The summed E-state index contributed by atoms with van der Waals surface area (Å²) in [6.07, 6.45) is 12.8. The lowest BCUT2D eigenvalue weighted by molar-refractivity contribution is 0.741. The lowest BCUT2D eigenvalue weighted by Crippen LogP contribution is -2.34. The van der Waals surface area contributed by atoms with Crippen molar-refractivity contribution in [3.63, 3.8) is 0 Å². The second kappa shape index (κ2) is 14.6. The van der Waals surface area contributed by atoms with Crippen LogP contribution in [0.15, 0.2) is 216 Å². The molecule has 6 aromatic carbocycles. The third-order valence-electron chi connectivity index (χ3n) is 12.1. The van der Waals surface area contributed by atoms with Gasteiger partial charge in [-0.2, -0.15) is 0 Å². The number of hydrogen-bond donors (Lipinski definition) is 0. The van der Waals surface area contributed by atoms with Crippen LogP contribution >= 0.6 is 11.8 Å². The second-order valence-corrected chi connectivity index (χ2v) is 16.3. The highest BCUT2D eigenvalue weighted by Crippen LogP contribution is 2.66. The van der Waals surface area contributed by atoms with Gasteiger partial charge in [0.05, 0.1) is 10.9 Å². The van der Waals surface area contributed by atoms with E-state index in [4.69, 9.17) is 15.0 Å². The first-order valence-corrected chi connectivity index (χ1v) is 21.2. The summed E-state index contributed by atoms with van der Waals surface area (Å²) in [5.74, 6) is 1.89. The van der Waals surface area contributed by atoms with E-state index >= 15 is 0 Å². The molecule has 284 valence electrons. The number of thioether (sulfide) groups is 1. The van der Waals surface area contributed by atoms with Crippen molar-refractivity contribution in [1.82, 2.24) is 19.9 Å². The van der Waals surface area contributed by atoms with Gasteiger partial charge in [0, 0.05) is 38.1 Å². The molecule has 0 fully saturated rings. The molecule has 0 radical (unpaired) electrons. The van der Waals surface area contributed by atoms with Gasteiger partial charge in [-0.3, -0.25) is 4.98 Å². The Hall–Kier alpha value is -7.21. The zero-order chi connectivity index (χ0) is 40.2. The number of aromatic nitrogens is 4. The normalized spacial score (nSPS) is 16.5. The number of rotatable bonds is 7. The van der Waals surface area contributed by atoms with E-state index in [2.05, 4.69) is 146 Å². The Morgan fingerprint density at radius 2 is 1.08 bits per heavy atom. The van der Waals surface area contributed by atoms with Crippen LogP contribution in [0.25, 0.3) is 78.4 Å². The molecule has 8 aromatic rings. The highest BCUT2D eigenvalue weighted by atomic mass is 32.2. The molecule has 2 aromatic heterocycles. The van der Waals surface area contributed by atoms with Gasteiger partial charge in [-0.15, -0.1) is 0 Å². The average molecular weight is 787 g/mol. The predicted octanol–water partition coefficient (Wildman–Crippen LogP) is 14.0. The van der Waals surface area contributed by atoms with Gasteiger partial charge < -0.3 is 0 Å². The molecule has 0 saturated heterocycles. The molecule has 1 aliphatic heterocycles. The lowest BCUT2D eigenvalue weighted by Gasteiger charge is -2.43. The van der Waals surface area contributed by atoms with Crippen LogP contribution in [-0.2, 0) is 5.41 Å². The number of allylic oxidation sites excluding steroid dienone is 6. The maximum Gasteiger partial charge on any atom is 0.164 e. The first-order valence-electron chi connectivity index (χ1n) is 20.3. The molecule has 0 bridgehead atoms. The molecule has 5 heteroatoms. The van der Waals surface area contributed by atoms with Gasteiger partial charge in [0.25, 0.3) is 0 Å². The summed E-state index contributed by atoms with van der Waals surface area (Å²) in [6.45, 7) is 8.84. The predicted molar refractivity (Wildman–Crippen MR) is 249 cm³/mol. The Morgan fingerprint density at radius 1 is 0.500 bits per heavy atom. The topological polar surface area (TPSA) is 51.6 Å². The zero-order valence-corrected chi connectivity index (χ0v) is 33.7. The molecule has 1 atom stereocenters. The van der Waals surface area contributed by atoms with E-state index in [9.17, 15) is 0 Å². The molecule has 1 spiro atoms. The van der Waals surface area contributed by atoms with Crippen molar-refractivity contribution >= 4 is 22.7 Å². The monoisotopic (exact) mass is 786 g/mol. The van der Waals surface area contributed by atoms with E-state index in [1.165, 1.54) is 27.2 Å². The summed E-state index contributed by atoms with van der Waals surface area (Å²) in [6, 6.07) is 53.4. The Morgan fingerprint density at radius 3 is 1.75 bits per heavy atom. The highest BCUT2D eigenvalue weighted by molar-refractivity contribution is 8.07. The van der Waals surface area contributed by atoms with E-state index in [0.717, 1.165) is 78.7 Å². The van der Waals surface area contributed by atoms with Crippen LogP contribution in [0.5, 0.6) is 0 Å². The largest absolute Gasteiger partial charge is 0.256 e. The molecule has 0 saturated carbocycles. The van der Waals surface area contributed by atoms with Crippen LogP contribution in [-0.4, -0.2) is 19.9 Å². The van der Waals surface area contributed by atoms with E-state index in [0.29, 0.717) is 17.5 Å². The van der Waals surface area contributed by atoms with Gasteiger partial charge in [0.2, 0.25) is 0 Å². The van der Waals surface area contributed by atoms with Crippen LogP contribution in [0.1, 0.15) is 24.0 Å². The Labute approximate surface area is 354 Å². The summed E-state index contributed by atoms with van der Waals surface area (Å²) >= 11 is 1.80. The molecule has 11 rings (SSSR count). The van der Waals surface area contributed by atoms with Crippen molar-refractivity contribution in [2.75, 3.05) is 0 Å². The average Bonchev–Trinajstić information content (AvgIpc) is 3.62. The van der Waals surface area contributed by atoms with E-state index in [1.807, 2.05) is 54.7 Å². The smallest absolute Gasteiger partial charge is 0.164 e. The quantitative estimate of drug-likeness (QED) is 0.161. The van der Waals surface area contributed by atoms with Crippen LogP contribution in [0, 0.1) is 0 Å². The fraction of sp³-hybridized carbons (Fsp3) is 0.0545. The van der Waals surface area contributed by atoms with Gasteiger partial charge in [-0.25, -0.2) is 15.0 Å². The van der Waals surface area contributed by atoms with Gasteiger partial charge in [0.1, 0.15) is 0 Å². The fourth-order valence-electron chi connectivity index (χ4n) is 9.53. The number of benzene rings is 6. The van der Waals surface area contributed by atoms with Crippen LogP contribution in [0.4, 0.5) is 0 Å². The number of hydrogen-bond acceptors (Lipinski definition) is 5. The zero-order valence-electron chi connectivity index (χ0n) is 32.8. The van der Waals surface area contributed by atoms with Crippen molar-refractivity contribution in [3.05, 3.63) is 227 Å². The molecule has 3 aliphatic rings. The second-order valence-electron chi connectivity index (χ2n) is 15.2. The molecule has 0 amide bonds. The standard InChI is InChI=1S/C55H38N4S/c1-3-43-48(4-2)60-49-29-12-11-25-44(49)55(43)45-26-13-22-40(36-32-30-35(31-33-36)39-21-15-28-47-41(39)24-16-34-56-47)50(45)51-42(23-14-27-46(51)55)54-58-52(37-17-7-5-8-18-37)57-53(59-54)38-19-9-6-10-20-38/h3-10,13-34H,1-2,11-12H2. The molecular formula is C55H38N4S. The maximum atomic E-state index is 5.30. The molecule has 60 heavy (non-hydrogen) atoms. The van der Waals surface area contributed by atoms with Crippen LogP contribution < -0.4 is 0 Å². The molecule has 0 N–H and O–H groups in total. The number of nitrogens with zero attached hydrogens (tertiary/aromatic N) is 4. The van der Waals surface area contributed by atoms with Crippen molar-refractivity contribution in [2.24, 2.45) is 0 Å². The van der Waals surface area contributed by atoms with Crippen molar-refractivity contribution in [2.45, 2.75) is 18.3 Å². The van der Waals surface area contributed by atoms with Crippen LogP contribution in [0.2, 0.25) is 0 Å². The minimum atomic E-state index is -0.632. The third-order valence-corrected chi connectivity index (χ3v) is 13.3. The Kier molecular flexibility index (Phi) is 8.72. The minimum absolute atomic E-state index is 0.629. The molecule has 3 heterocycles. The molecular weight excluding hydrogens is 749 g/mol. The van der Waals surface area contributed by atoms with Gasteiger partial charge >= 0.3 is 0 Å². The molecule has 4 nitrogen and oxygen atoms in total. The molecule has 1 unspecified atom stereocenters. The molecule has 2 aliphatic carbocycles. The van der Waals surface area contributed by atoms with Crippen molar-refractivity contribution < 1.29 is 0 Å². The maximum absolute atomic E-state index is 5.30. The first-order chi connectivity index (χ1) is 29.7. The highest BCUT2D eigenvalue weighted by Gasteiger charge is 2.53. The number of pyridine rings is 1. The summed E-state index contributed by atoms with van der Waals surface area (Å²) < 4.78 is 0. The van der Waals surface area contributed by atoms with Crippen molar-refractivity contribution in [3.8, 4) is 67.5 Å². The summed E-state index contributed by atoms with van der Waals surface area (Å²) in [5.41, 5.74) is 14.9. The SMILES string of the molecule is C=CC1=C(C=C)C2(C3=CCCC=C3S1)c1cccc(-c3ccc(-c4cccc5ncccc45)cc3)c1-c1c(-c3nc(-c4ccccc4)nc(-c4ccccc4)n3)cccc12. The summed E-state index contributed by atoms with van der Waals surface area (Å²) in [5, 5.41) is 1.14. The van der Waals surface area contributed by atoms with E-state index < -0.39 is 5.41 Å². The fourth-order valence-corrected chi connectivity index (χ4v) is 10.7. The summed E-state index contributed by atoms with van der Waals surface area (Å²) in [7, 11) is 0. The number of fused-ring (bicyclic) bond motifs is 8. The third kappa shape index (κ3) is 5.54. The Bertz CT molecular complexity index is 3080. The Balaban J connectivity index is 1.21. The van der Waals surface area contributed by atoms with E-state index in [-0.39, 0.29) is 0 Å². The van der Waals surface area contributed by atoms with Gasteiger partial charge in [-0.1, -0.05) is 189 Å². The summed E-state index contributed by atoms with van der Waals surface area (Å²) in [4.78, 5) is 22.7. The minimum Gasteiger partial charge on any atom is -0.256 e. The van der Waals surface area contributed by atoms with Gasteiger partial charge in [0.15, 0.2) is 17.5 Å². The van der Waals surface area contributed by atoms with Crippen molar-refractivity contribution in [1.29, 1.82) is 0 Å². The first kappa shape index (κ1) is 35.9. The lowest BCUT2D eigenvalue weighted by atomic mass is 9.65.